The van der Waals surface area contributed by atoms with Crippen molar-refractivity contribution < 1.29 is 14.2 Å². The fourth-order valence-electron chi connectivity index (χ4n) is 1.23. The first-order valence-electron chi connectivity index (χ1n) is 3.99. The molecule has 0 saturated carbocycles. The number of hydrogen-bond donors (Lipinski definition) is 2. The average molecular weight is 264 g/mol. The summed E-state index contributed by atoms with van der Waals surface area (Å²) < 4.78 is 18.6. The van der Waals surface area contributed by atoms with Gasteiger partial charge in [-0.3, -0.25) is 0 Å². The zero-order chi connectivity index (χ0) is 10.9. The Balaban J connectivity index is 3.44. The summed E-state index contributed by atoms with van der Waals surface area (Å²) in [6, 6.07) is 0.633. The van der Waals surface area contributed by atoms with Gasteiger partial charge in [-0.05, 0) is 28.9 Å². The zero-order valence-electron chi connectivity index (χ0n) is 7.84. The van der Waals surface area contributed by atoms with Crippen molar-refractivity contribution in [2.75, 3.05) is 7.11 Å². The van der Waals surface area contributed by atoms with Gasteiger partial charge in [-0.2, -0.15) is 0 Å². The lowest BCUT2D eigenvalue weighted by molar-refractivity contribution is 0.362. The van der Waals surface area contributed by atoms with E-state index in [1.807, 2.05) is 0 Å². The molecule has 0 fully saturated rings. The first-order chi connectivity index (χ1) is 6.49. The van der Waals surface area contributed by atoms with E-state index in [1.54, 1.807) is 6.92 Å². The highest BCUT2D eigenvalue weighted by Gasteiger charge is 2.19. The number of aromatic hydroxyl groups is 1. The number of phenolic OH excluding ortho intramolecular Hbond substituents is 1. The number of rotatable bonds is 2. The van der Waals surface area contributed by atoms with Crippen LogP contribution in [0.5, 0.6) is 11.5 Å². The number of ether oxygens (including phenoxy) is 1. The molecule has 0 aromatic heterocycles. The lowest BCUT2D eigenvalue weighted by atomic mass is 10.1. The summed E-state index contributed by atoms with van der Waals surface area (Å²) in [5.41, 5.74) is 5.58. The molecular weight excluding hydrogens is 253 g/mol. The third-order valence-electron chi connectivity index (χ3n) is 1.86. The summed E-state index contributed by atoms with van der Waals surface area (Å²) in [5.74, 6) is -0.613. The van der Waals surface area contributed by atoms with Gasteiger partial charge in [0, 0.05) is 11.6 Å². The van der Waals surface area contributed by atoms with Crippen LogP contribution in [-0.2, 0) is 0 Å². The summed E-state index contributed by atoms with van der Waals surface area (Å²) in [6.45, 7) is 1.59. The monoisotopic (exact) mass is 263 g/mol. The van der Waals surface area contributed by atoms with E-state index in [0.717, 1.165) is 0 Å². The van der Waals surface area contributed by atoms with Gasteiger partial charge in [-0.15, -0.1) is 0 Å². The molecule has 0 radical (unpaired) electrons. The quantitative estimate of drug-likeness (QED) is 0.861. The van der Waals surface area contributed by atoms with Crippen LogP contribution in [-0.4, -0.2) is 12.2 Å². The van der Waals surface area contributed by atoms with E-state index in [-0.39, 0.29) is 17.1 Å². The highest BCUT2D eigenvalue weighted by atomic mass is 79.9. The van der Waals surface area contributed by atoms with Crippen molar-refractivity contribution in [3.63, 3.8) is 0 Å². The third-order valence-corrected chi connectivity index (χ3v) is 2.45. The fraction of sp³-hybridized carbons (Fsp3) is 0.333. The molecule has 5 heteroatoms. The van der Waals surface area contributed by atoms with Crippen LogP contribution in [0.1, 0.15) is 18.5 Å². The predicted molar refractivity (Wildman–Crippen MR) is 54.9 cm³/mol. The maximum Gasteiger partial charge on any atom is 0.175 e. The maximum atomic E-state index is 13.4. The van der Waals surface area contributed by atoms with E-state index in [2.05, 4.69) is 15.9 Å². The Morgan fingerprint density at radius 1 is 1.64 bits per heavy atom. The third kappa shape index (κ3) is 1.83. The summed E-state index contributed by atoms with van der Waals surface area (Å²) >= 11 is 3.08. The van der Waals surface area contributed by atoms with Crippen LogP contribution in [0, 0.1) is 5.82 Å². The molecule has 0 aliphatic carbocycles. The molecule has 0 heterocycles. The lowest BCUT2D eigenvalue weighted by Crippen LogP contribution is -2.08. The largest absolute Gasteiger partial charge is 0.504 e. The first-order valence-corrected chi connectivity index (χ1v) is 4.78. The molecule has 14 heavy (non-hydrogen) atoms. The van der Waals surface area contributed by atoms with Crippen molar-refractivity contribution in [2.24, 2.45) is 5.73 Å². The standard InChI is InChI=1S/C9H11BrFNO2/c1-4(12)7-6(11)3-5(10)9(14-2)8(7)13/h3-4,13H,12H2,1-2H3. The van der Waals surface area contributed by atoms with Crippen LogP contribution in [0.25, 0.3) is 0 Å². The molecule has 0 spiro atoms. The summed E-state index contributed by atoms with van der Waals surface area (Å²) in [4.78, 5) is 0. The van der Waals surface area contributed by atoms with Crippen LogP contribution < -0.4 is 10.5 Å². The number of halogens is 2. The molecule has 3 N–H and O–H groups in total. The Morgan fingerprint density at radius 2 is 2.21 bits per heavy atom. The second kappa shape index (κ2) is 4.14. The Kier molecular flexibility index (Phi) is 3.34. The molecule has 0 amide bonds. The van der Waals surface area contributed by atoms with Crippen molar-refractivity contribution in [1.29, 1.82) is 0 Å². The second-order valence-corrected chi connectivity index (χ2v) is 3.78. The SMILES string of the molecule is COc1c(Br)cc(F)c(C(C)N)c1O. The molecule has 78 valence electrons. The molecule has 0 saturated heterocycles. The number of benzene rings is 1. The minimum atomic E-state index is -0.586. The van der Waals surface area contributed by atoms with Crippen LogP contribution in [0.15, 0.2) is 10.5 Å². The second-order valence-electron chi connectivity index (χ2n) is 2.92. The van der Waals surface area contributed by atoms with E-state index in [9.17, 15) is 9.50 Å². The average Bonchev–Trinajstić information content (AvgIpc) is 2.02. The Bertz CT molecular complexity index is 355. The van der Waals surface area contributed by atoms with E-state index < -0.39 is 11.9 Å². The van der Waals surface area contributed by atoms with Gasteiger partial charge < -0.3 is 15.6 Å². The number of hydrogen-bond acceptors (Lipinski definition) is 3. The number of phenols is 1. The van der Waals surface area contributed by atoms with Crippen LogP contribution >= 0.6 is 15.9 Å². The summed E-state index contributed by atoms with van der Waals surface area (Å²) in [5, 5.41) is 9.65. The van der Waals surface area contributed by atoms with Crippen molar-refractivity contribution in [3.05, 3.63) is 21.9 Å². The van der Waals surface area contributed by atoms with Crippen molar-refractivity contribution in [3.8, 4) is 11.5 Å². The molecule has 0 aliphatic heterocycles. The molecule has 0 bridgehead atoms. The van der Waals surface area contributed by atoms with Crippen molar-refractivity contribution in [2.45, 2.75) is 13.0 Å². The van der Waals surface area contributed by atoms with E-state index in [1.165, 1.54) is 13.2 Å². The van der Waals surface area contributed by atoms with Gasteiger partial charge in [0.05, 0.1) is 11.6 Å². The van der Waals surface area contributed by atoms with Crippen LogP contribution in [0.4, 0.5) is 4.39 Å². The van der Waals surface area contributed by atoms with E-state index >= 15 is 0 Å². The van der Waals surface area contributed by atoms with Crippen molar-refractivity contribution in [1.82, 2.24) is 0 Å². The van der Waals surface area contributed by atoms with Gasteiger partial charge in [-0.1, -0.05) is 0 Å². The van der Waals surface area contributed by atoms with Gasteiger partial charge >= 0.3 is 0 Å². The molecular formula is C9H11BrFNO2. The number of nitrogens with two attached hydrogens (primary N) is 1. The van der Waals surface area contributed by atoms with Gasteiger partial charge in [0.2, 0.25) is 0 Å². The predicted octanol–water partition coefficient (Wildman–Crippen LogP) is 2.32. The molecule has 1 atom stereocenters. The van der Waals surface area contributed by atoms with Crippen LogP contribution in [0.2, 0.25) is 0 Å². The molecule has 3 nitrogen and oxygen atoms in total. The molecule has 1 unspecified atom stereocenters. The topological polar surface area (TPSA) is 55.5 Å². The fourth-order valence-corrected chi connectivity index (χ4v) is 1.78. The zero-order valence-corrected chi connectivity index (χ0v) is 9.43. The van der Waals surface area contributed by atoms with Gasteiger partial charge in [0.1, 0.15) is 5.82 Å². The van der Waals surface area contributed by atoms with Crippen molar-refractivity contribution >= 4 is 15.9 Å². The first kappa shape index (κ1) is 11.3. The van der Waals surface area contributed by atoms with Gasteiger partial charge in [0.25, 0.3) is 0 Å². The minimum Gasteiger partial charge on any atom is -0.504 e. The molecule has 1 rings (SSSR count). The van der Waals surface area contributed by atoms with E-state index in [0.29, 0.717) is 4.47 Å². The van der Waals surface area contributed by atoms with Crippen LogP contribution in [0.3, 0.4) is 0 Å². The highest BCUT2D eigenvalue weighted by molar-refractivity contribution is 9.10. The smallest absolute Gasteiger partial charge is 0.175 e. The highest BCUT2D eigenvalue weighted by Crippen LogP contribution is 2.40. The summed E-state index contributed by atoms with van der Waals surface area (Å²) in [6.07, 6.45) is 0. The molecule has 0 aliphatic rings. The normalized spacial score (nSPS) is 12.6. The number of methoxy groups -OCH3 is 1. The van der Waals surface area contributed by atoms with Gasteiger partial charge in [-0.25, -0.2) is 4.39 Å². The minimum absolute atomic E-state index is 0.0602. The molecule has 1 aromatic carbocycles. The van der Waals surface area contributed by atoms with Gasteiger partial charge in [0.15, 0.2) is 11.5 Å². The molecule has 1 aromatic rings. The lowest BCUT2D eigenvalue weighted by Gasteiger charge is -2.14. The summed E-state index contributed by atoms with van der Waals surface area (Å²) in [7, 11) is 1.39. The van der Waals surface area contributed by atoms with E-state index in [4.69, 9.17) is 10.5 Å². The Hall–Kier alpha value is -0.810. The Labute approximate surface area is 89.8 Å². The Morgan fingerprint density at radius 3 is 2.64 bits per heavy atom. The maximum absolute atomic E-state index is 13.4.